The topological polar surface area (TPSA) is 78.7 Å². The second kappa shape index (κ2) is 4.27. The van der Waals surface area contributed by atoms with Crippen molar-refractivity contribution in [2.45, 2.75) is 0 Å². The van der Waals surface area contributed by atoms with Gasteiger partial charge in [0, 0.05) is 7.05 Å². The molecule has 0 atom stereocenters. The number of rotatable bonds is 3. The number of allylic oxidation sites excluding steroid dienone is 1. The monoisotopic (exact) mass is 190 g/mol. The van der Waals surface area contributed by atoms with Gasteiger partial charge in [-0.05, 0) is 12.1 Å². The van der Waals surface area contributed by atoms with Crippen LogP contribution in [-0.2, 0) is 0 Å². The molecule has 72 valence electrons. The van der Waals surface area contributed by atoms with Gasteiger partial charge in [-0.15, -0.1) is 0 Å². The number of hydrogen-bond donors (Lipinski definition) is 2. The van der Waals surface area contributed by atoms with Gasteiger partial charge < -0.3 is 5.32 Å². The molecule has 0 aliphatic rings. The second-order valence-corrected chi connectivity index (χ2v) is 2.49. The van der Waals surface area contributed by atoms with Crippen molar-refractivity contribution < 1.29 is 4.79 Å². The molecule has 0 saturated heterocycles. The van der Waals surface area contributed by atoms with E-state index in [2.05, 4.69) is 21.9 Å². The lowest BCUT2D eigenvalue weighted by Crippen LogP contribution is -2.20. The van der Waals surface area contributed by atoms with E-state index in [-0.39, 0.29) is 17.3 Å². The highest BCUT2D eigenvalue weighted by Crippen LogP contribution is 1.99. The first kappa shape index (κ1) is 10.0. The van der Waals surface area contributed by atoms with E-state index in [4.69, 9.17) is 5.41 Å². The zero-order valence-corrected chi connectivity index (χ0v) is 7.74. The van der Waals surface area contributed by atoms with Gasteiger partial charge in [-0.25, -0.2) is 9.97 Å². The van der Waals surface area contributed by atoms with Gasteiger partial charge in [0.05, 0.1) is 11.4 Å². The molecule has 1 heterocycles. The van der Waals surface area contributed by atoms with E-state index in [1.807, 2.05) is 0 Å². The lowest BCUT2D eigenvalue weighted by atomic mass is 10.2. The van der Waals surface area contributed by atoms with Crippen LogP contribution in [0.3, 0.4) is 0 Å². The molecule has 0 radical (unpaired) electrons. The smallest absolute Gasteiger partial charge is 0.269 e. The fourth-order valence-corrected chi connectivity index (χ4v) is 0.861. The molecule has 0 saturated carbocycles. The second-order valence-electron chi connectivity index (χ2n) is 2.49. The Hall–Kier alpha value is -2.04. The summed E-state index contributed by atoms with van der Waals surface area (Å²) in [6.07, 6.45) is 2.61. The number of hydrogen-bond acceptors (Lipinski definition) is 4. The maximum Gasteiger partial charge on any atom is 0.269 e. The zero-order valence-electron chi connectivity index (χ0n) is 7.74. The molecule has 1 amide bonds. The van der Waals surface area contributed by atoms with Crippen LogP contribution in [0.2, 0.25) is 0 Å². The van der Waals surface area contributed by atoms with Gasteiger partial charge in [0.25, 0.3) is 5.91 Å². The summed E-state index contributed by atoms with van der Waals surface area (Å²) in [6, 6.07) is 1.45. The van der Waals surface area contributed by atoms with E-state index in [0.29, 0.717) is 5.69 Å². The van der Waals surface area contributed by atoms with Crippen LogP contribution < -0.4 is 5.32 Å². The Kier molecular flexibility index (Phi) is 3.06. The van der Waals surface area contributed by atoms with Crippen LogP contribution in [0.5, 0.6) is 0 Å². The Balaban J connectivity index is 3.06. The van der Waals surface area contributed by atoms with Crippen LogP contribution in [-0.4, -0.2) is 28.6 Å². The summed E-state index contributed by atoms with van der Waals surface area (Å²) in [7, 11) is 1.52. The normalized spacial score (nSPS) is 9.21. The average molecular weight is 190 g/mol. The third-order valence-corrected chi connectivity index (χ3v) is 1.61. The molecule has 0 aliphatic carbocycles. The standard InChI is InChI=1S/C9H10N4O/c1-3-6(10)7-4-8(9(14)11-2)13-5-12-7/h3-5,10H,1H2,2H3,(H,11,14). The van der Waals surface area contributed by atoms with Crippen molar-refractivity contribution in [3.05, 3.63) is 36.4 Å². The van der Waals surface area contributed by atoms with Crippen molar-refractivity contribution in [1.82, 2.24) is 15.3 Å². The molecule has 0 aromatic carbocycles. The van der Waals surface area contributed by atoms with Gasteiger partial charge in [-0.3, -0.25) is 10.2 Å². The highest BCUT2D eigenvalue weighted by Gasteiger charge is 2.07. The summed E-state index contributed by atoms with van der Waals surface area (Å²) < 4.78 is 0. The molecular formula is C9H10N4O. The number of carbonyl (C=O) groups is 1. The molecule has 5 nitrogen and oxygen atoms in total. The number of amides is 1. The molecule has 1 rings (SSSR count). The summed E-state index contributed by atoms with van der Waals surface area (Å²) in [5.41, 5.74) is 0.787. The lowest BCUT2D eigenvalue weighted by Gasteiger charge is -2.00. The van der Waals surface area contributed by atoms with Gasteiger partial charge in [0.1, 0.15) is 12.0 Å². The van der Waals surface area contributed by atoms with Crippen molar-refractivity contribution >= 4 is 11.6 Å². The first-order valence-electron chi connectivity index (χ1n) is 3.94. The molecule has 2 N–H and O–H groups in total. The van der Waals surface area contributed by atoms with Crippen molar-refractivity contribution in [2.24, 2.45) is 0 Å². The highest BCUT2D eigenvalue weighted by atomic mass is 16.1. The summed E-state index contributed by atoms with van der Waals surface area (Å²) in [5, 5.41) is 9.87. The third kappa shape index (κ3) is 2.01. The van der Waals surface area contributed by atoms with E-state index in [0.717, 1.165) is 0 Å². The lowest BCUT2D eigenvalue weighted by molar-refractivity contribution is 0.0958. The Morgan fingerprint density at radius 2 is 2.21 bits per heavy atom. The number of carbonyl (C=O) groups excluding carboxylic acids is 1. The van der Waals surface area contributed by atoms with Crippen LogP contribution >= 0.6 is 0 Å². The maximum atomic E-state index is 11.2. The van der Waals surface area contributed by atoms with Crippen LogP contribution in [0.1, 0.15) is 16.2 Å². The van der Waals surface area contributed by atoms with Crippen molar-refractivity contribution in [1.29, 1.82) is 5.41 Å². The molecule has 0 bridgehead atoms. The van der Waals surface area contributed by atoms with E-state index < -0.39 is 0 Å². The summed E-state index contributed by atoms with van der Waals surface area (Å²) in [6.45, 7) is 3.45. The highest BCUT2D eigenvalue weighted by molar-refractivity contribution is 6.05. The number of aromatic nitrogens is 2. The van der Waals surface area contributed by atoms with Crippen molar-refractivity contribution in [2.75, 3.05) is 7.05 Å². The van der Waals surface area contributed by atoms with Gasteiger partial charge in [-0.1, -0.05) is 6.58 Å². The minimum absolute atomic E-state index is 0.164. The van der Waals surface area contributed by atoms with Crippen LogP contribution in [0.4, 0.5) is 0 Å². The maximum absolute atomic E-state index is 11.2. The van der Waals surface area contributed by atoms with Crippen molar-refractivity contribution in [3.8, 4) is 0 Å². The predicted octanol–water partition coefficient (Wildman–Crippen LogP) is 0.390. The van der Waals surface area contributed by atoms with Crippen molar-refractivity contribution in [3.63, 3.8) is 0 Å². The fraction of sp³-hybridized carbons (Fsp3) is 0.111. The summed E-state index contributed by atoms with van der Waals surface area (Å²) >= 11 is 0. The predicted molar refractivity (Wildman–Crippen MR) is 52.4 cm³/mol. The molecule has 0 spiro atoms. The Bertz CT molecular complexity index is 386. The molecule has 14 heavy (non-hydrogen) atoms. The molecule has 5 heteroatoms. The average Bonchev–Trinajstić information content (AvgIpc) is 2.27. The van der Waals surface area contributed by atoms with Crippen LogP contribution in [0, 0.1) is 5.41 Å². The Morgan fingerprint density at radius 1 is 1.57 bits per heavy atom. The third-order valence-electron chi connectivity index (χ3n) is 1.61. The quantitative estimate of drug-likeness (QED) is 0.677. The van der Waals surface area contributed by atoms with E-state index >= 15 is 0 Å². The van der Waals surface area contributed by atoms with Gasteiger partial charge in [0.2, 0.25) is 0 Å². The van der Waals surface area contributed by atoms with E-state index in [1.54, 1.807) is 0 Å². The SMILES string of the molecule is C=CC(=N)c1cc(C(=O)NC)ncn1. The minimum Gasteiger partial charge on any atom is -0.354 e. The molecule has 0 unspecified atom stereocenters. The molecule has 1 aromatic rings. The van der Waals surface area contributed by atoms with Crippen LogP contribution in [0.25, 0.3) is 0 Å². The minimum atomic E-state index is -0.300. The Morgan fingerprint density at radius 3 is 2.79 bits per heavy atom. The summed E-state index contributed by atoms with van der Waals surface area (Å²) in [5.74, 6) is -0.300. The first-order chi connectivity index (χ1) is 6.69. The van der Waals surface area contributed by atoms with E-state index in [1.165, 1.54) is 25.5 Å². The largest absolute Gasteiger partial charge is 0.354 e. The molecule has 0 fully saturated rings. The van der Waals surface area contributed by atoms with Gasteiger partial charge >= 0.3 is 0 Å². The van der Waals surface area contributed by atoms with Gasteiger partial charge in [-0.2, -0.15) is 0 Å². The van der Waals surface area contributed by atoms with Gasteiger partial charge in [0.15, 0.2) is 0 Å². The molecular weight excluding hydrogens is 180 g/mol. The number of nitrogens with zero attached hydrogens (tertiary/aromatic N) is 2. The zero-order chi connectivity index (χ0) is 10.6. The molecule has 0 aliphatic heterocycles. The van der Waals surface area contributed by atoms with Crippen LogP contribution in [0.15, 0.2) is 25.0 Å². The Labute approximate surface area is 81.4 Å². The summed E-state index contributed by atoms with van der Waals surface area (Å²) in [4.78, 5) is 18.8. The first-order valence-corrected chi connectivity index (χ1v) is 3.94. The van der Waals surface area contributed by atoms with E-state index in [9.17, 15) is 4.79 Å². The fourth-order valence-electron chi connectivity index (χ4n) is 0.861. The molecule has 1 aromatic heterocycles. The number of nitrogens with one attached hydrogen (secondary N) is 2.